The van der Waals surface area contributed by atoms with Gasteiger partial charge in [0.15, 0.2) is 5.69 Å². The Morgan fingerprint density at radius 3 is 2.48 bits per heavy atom. The fourth-order valence-corrected chi connectivity index (χ4v) is 4.40. The third-order valence-electron chi connectivity index (χ3n) is 5.12. The summed E-state index contributed by atoms with van der Waals surface area (Å²) in [6, 6.07) is 16.8. The van der Waals surface area contributed by atoms with Crippen molar-refractivity contribution in [3.05, 3.63) is 65.6 Å². The van der Waals surface area contributed by atoms with Gasteiger partial charge in [-0.15, -0.1) is 0 Å². The zero-order valence-corrected chi connectivity index (χ0v) is 18.7. The molecule has 2 aromatic carbocycles. The molecule has 0 radical (unpaired) electrons. The van der Waals surface area contributed by atoms with Gasteiger partial charge in [0.2, 0.25) is 10.0 Å². The third-order valence-corrected chi connectivity index (χ3v) is 6.59. The summed E-state index contributed by atoms with van der Waals surface area (Å²) in [7, 11) is -0.655. The fourth-order valence-electron chi connectivity index (χ4n) is 3.44. The van der Waals surface area contributed by atoms with Crippen LogP contribution in [-0.2, 0) is 23.0 Å². The molecule has 1 N–H and O–H groups in total. The Morgan fingerprint density at radius 1 is 1.16 bits per heavy atom. The van der Waals surface area contributed by atoms with Crippen molar-refractivity contribution in [2.24, 2.45) is 0 Å². The van der Waals surface area contributed by atoms with Crippen LogP contribution in [0.15, 0.2) is 53.4 Å². The normalized spacial score (nSPS) is 11.3. The molecule has 0 aliphatic heterocycles. The first-order chi connectivity index (χ1) is 14.9. The highest BCUT2D eigenvalue weighted by Crippen LogP contribution is 2.28. The molecule has 0 aliphatic carbocycles. The number of rotatable bonds is 9. The molecule has 0 spiro atoms. The first kappa shape index (κ1) is 22.5. The van der Waals surface area contributed by atoms with Crippen LogP contribution in [0.3, 0.4) is 0 Å². The van der Waals surface area contributed by atoms with Crippen molar-refractivity contribution in [3.63, 3.8) is 0 Å². The summed E-state index contributed by atoms with van der Waals surface area (Å²) in [6.45, 7) is 2.59. The lowest BCUT2D eigenvalue weighted by Gasteiger charge is -2.12. The molecule has 7 nitrogen and oxygen atoms in total. The van der Waals surface area contributed by atoms with E-state index in [1.54, 1.807) is 18.2 Å². The van der Waals surface area contributed by atoms with Crippen molar-refractivity contribution in [2.45, 2.75) is 37.6 Å². The van der Waals surface area contributed by atoms with Gasteiger partial charge in [-0.05, 0) is 30.7 Å². The highest BCUT2D eigenvalue weighted by atomic mass is 32.2. The summed E-state index contributed by atoms with van der Waals surface area (Å²) in [4.78, 5) is 4.73. The number of nitrogens with one attached hydrogen (secondary N) is 1. The smallest absolute Gasteiger partial charge is 0.250 e. The fraction of sp³-hybridized carbons (Fsp3) is 0.304. The number of aromatic nitrogens is 2. The lowest BCUT2D eigenvalue weighted by Crippen LogP contribution is -2.19. The van der Waals surface area contributed by atoms with Gasteiger partial charge in [-0.1, -0.05) is 55.8 Å². The summed E-state index contributed by atoms with van der Waals surface area (Å²) < 4.78 is 34.3. The van der Waals surface area contributed by atoms with Crippen molar-refractivity contribution in [2.75, 3.05) is 14.2 Å². The van der Waals surface area contributed by atoms with E-state index in [9.17, 15) is 13.7 Å². The molecule has 0 unspecified atom stereocenters. The van der Waals surface area contributed by atoms with Crippen molar-refractivity contribution in [3.8, 4) is 23.1 Å². The number of ether oxygens (including phenoxy) is 1. The summed E-state index contributed by atoms with van der Waals surface area (Å²) in [5.74, 6) is 1.17. The number of sulfonamides is 1. The molecule has 0 bridgehead atoms. The third kappa shape index (κ3) is 4.79. The van der Waals surface area contributed by atoms with E-state index in [1.807, 2.05) is 34.9 Å². The number of nitriles is 1. The zero-order chi connectivity index (χ0) is 22.4. The standard InChI is InChI=1S/C23H26N4O3S/c1-4-5-10-22-26-23(30-3)20(15-24)27(22)16-17-11-13-18(14-12-17)19-8-6-7-9-21(19)31(28,29)25-2/h6-9,11-14,25H,4-5,10,16H2,1-3H3. The van der Waals surface area contributed by atoms with Gasteiger partial charge in [0, 0.05) is 12.0 Å². The van der Waals surface area contributed by atoms with Gasteiger partial charge in [0.1, 0.15) is 11.9 Å². The van der Waals surface area contributed by atoms with Crippen LogP contribution in [0.25, 0.3) is 11.1 Å². The van der Waals surface area contributed by atoms with Gasteiger partial charge in [-0.3, -0.25) is 0 Å². The van der Waals surface area contributed by atoms with Gasteiger partial charge in [0.05, 0.1) is 18.6 Å². The minimum absolute atomic E-state index is 0.234. The van der Waals surface area contributed by atoms with E-state index in [0.29, 0.717) is 23.7 Å². The molecule has 0 atom stereocenters. The van der Waals surface area contributed by atoms with Crippen molar-refractivity contribution in [1.82, 2.24) is 14.3 Å². The van der Waals surface area contributed by atoms with Crippen LogP contribution in [0.1, 0.15) is 36.8 Å². The van der Waals surface area contributed by atoms with Crippen LogP contribution in [0, 0.1) is 11.3 Å². The molecular weight excluding hydrogens is 412 g/mol. The Morgan fingerprint density at radius 2 is 1.87 bits per heavy atom. The van der Waals surface area contributed by atoms with Gasteiger partial charge >= 0.3 is 0 Å². The summed E-state index contributed by atoms with van der Waals surface area (Å²) in [5, 5.41) is 9.62. The molecule has 1 heterocycles. The predicted molar refractivity (Wildman–Crippen MR) is 119 cm³/mol. The molecule has 3 rings (SSSR count). The van der Waals surface area contributed by atoms with Crippen molar-refractivity contribution >= 4 is 10.0 Å². The minimum Gasteiger partial charge on any atom is -0.479 e. The van der Waals surface area contributed by atoms with E-state index in [4.69, 9.17) is 4.74 Å². The number of imidazole rings is 1. The van der Waals surface area contributed by atoms with Crippen molar-refractivity contribution < 1.29 is 13.2 Å². The highest BCUT2D eigenvalue weighted by molar-refractivity contribution is 7.89. The number of unbranched alkanes of at least 4 members (excludes halogenated alkanes) is 1. The van der Waals surface area contributed by atoms with Crippen LogP contribution in [0.5, 0.6) is 5.88 Å². The largest absolute Gasteiger partial charge is 0.479 e. The van der Waals surface area contributed by atoms with E-state index in [1.165, 1.54) is 14.2 Å². The number of hydrogen-bond acceptors (Lipinski definition) is 5. The lowest BCUT2D eigenvalue weighted by molar-refractivity contribution is 0.397. The Labute approximate surface area is 183 Å². The van der Waals surface area contributed by atoms with Gasteiger partial charge in [-0.25, -0.2) is 13.1 Å². The maximum atomic E-state index is 12.4. The maximum absolute atomic E-state index is 12.4. The Balaban J connectivity index is 1.95. The second-order valence-corrected chi connectivity index (χ2v) is 8.94. The molecule has 0 amide bonds. The maximum Gasteiger partial charge on any atom is 0.250 e. The molecule has 162 valence electrons. The number of aryl methyl sites for hydroxylation is 1. The Bertz CT molecular complexity index is 1190. The van der Waals surface area contributed by atoms with Crippen LogP contribution in [0.2, 0.25) is 0 Å². The SMILES string of the molecule is CCCCc1nc(OC)c(C#N)n1Cc1ccc(-c2ccccc2S(=O)(=O)NC)cc1. The number of hydrogen-bond donors (Lipinski definition) is 1. The van der Waals surface area contributed by atoms with Crippen LogP contribution in [0.4, 0.5) is 0 Å². The molecule has 0 saturated heterocycles. The second kappa shape index (κ2) is 9.77. The van der Waals surface area contributed by atoms with Gasteiger partial charge in [0.25, 0.3) is 5.88 Å². The van der Waals surface area contributed by atoms with E-state index in [0.717, 1.165) is 36.2 Å². The zero-order valence-electron chi connectivity index (χ0n) is 17.9. The molecule has 8 heteroatoms. The molecule has 0 fully saturated rings. The summed E-state index contributed by atoms with van der Waals surface area (Å²) in [6.07, 6.45) is 2.77. The first-order valence-electron chi connectivity index (χ1n) is 10.1. The molecule has 0 saturated carbocycles. The van der Waals surface area contributed by atoms with Crippen LogP contribution < -0.4 is 9.46 Å². The number of benzene rings is 2. The van der Waals surface area contributed by atoms with Crippen LogP contribution in [-0.4, -0.2) is 32.1 Å². The van der Waals surface area contributed by atoms with Gasteiger partial charge in [-0.2, -0.15) is 10.2 Å². The molecule has 31 heavy (non-hydrogen) atoms. The first-order valence-corrected chi connectivity index (χ1v) is 11.6. The average molecular weight is 439 g/mol. The van der Waals surface area contributed by atoms with Gasteiger partial charge < -0.3 is 9.30 Å². The highest BCUT2D eigenvalue weighted by Gasteiger charge is 2.19. The summed E-state index contributed by atoms with van der Waals surface area (Å²) in [5.41, 5.74) is 2.82. The number of nitrogens with zero attached hydrogens (tertiary/aromatic N) is 3. The molecule has 1 aromatic heterocycles. The second-order valence-electron chi connectivity index (χ2n) is 7.09. The predicted octanol–water partition coefficient (Wildman–Crippen LogP) is 3.73. The molecule has 3 aromatic rings. The molecular formula is C23H26N4O3S. The Kier molecular flexibility index (Phi) is 7.10. The van der Waals surface area contributed by atoms with Crippen molar-refractivity contribution in [1.29, 1.82) is 5.26 Å². The lowest BCUT2D eigenvalue weighted by atomic mass is 10.0. The topological polar surface area (TPSA) is 97.0 Å². The monoisotopic (exact) mass is 438 g/mol. The van der Waals surface area contributed by atoms with E-state index in [2.05, 4.69) is 22.7 Å². The summed E-state index contributed by atoms with van der Waals surface area (Å²) >= 11 is 0. The quantitative estimate of drug-likeness (QED) is 0.549. The average Bonchev–Trinajstić information content (AvgIpc) is 3.14. The Hall–Kier alpha value is -3.15. The van der Waals surface area contributed by atoms with E-state index < -0.39 is 10.0 Å². The molecule has 0 aliphatic rings. The van der Waals surface area contributed by atoms with E-state index >= 15 is 0 Å². The minimum atomic E-state index is -3.57. The van der Waals surface area contributed by atoms with E-state index in [-0.39, 0.29) is 4.90 Å². The van der Waals surface area contributed by atoms with Crippen LogP contribution >= 0.6 is 0 Å². The number of methoxy groups -OCH3 is 1.